The van der Waals surface area contributed by atoms with Crippen molar-refractivity contribution < 1.29 is 23.8 Å². The quantitative estimate of drug-likeness (QED) is 0.382. The molecule has 32 heavy (non-hydrogen) atoms. The Morgan fingerprint density at radius 2 is 1.66 bits per heavy atom. The minimum atomic E-state index is -0.203. The third-order valence-corrected chi connectivity index (χ3v) is 5.42. The van der Waals surface area contributed by atoms with Crippen LogP contribution in [-0.4, -0.2) is 49.0 Å². The van der Waals surface area contributed by atoms with E-state index in [-0.39, 0.29) is 17.4 Å². The number of rotatable bonds is 9. The van der Waals surface area contributed by atoms with E-state index >= 15 is 0 Å². The van der Waals surface area contributed by atoms with Gasteiger partial charge in [-0.2, -0.15) is 0 Å². The van der Waals surface area contributed by atoms with Crippen LogP contribution in [0, 0.1) is 0 Å². The molecule has 0 unspecified atom stereocenters. The number of carbonyl (C=O) groups is 2. The lowest BCUT2D eigenvalue weighted by atomic mass is 10.1. The molecule has 1 N–H and O–H groups in total. The molecular formula is C23H23N3O5S. The van der Waals surface area contributed by atoms with Gasteiger partial charge in [0, 0.05) is 16.8 Å². The fourth-order valence-corrected chi connectivity index (χ4v) is 3.55. The average Bonchev–Trinajstić information content (AvgIpc) is 2.82. The Bertz CT molecular complexity index is 1090. The van der Waals surface area contributed by atoms with Crippen molar-refractivity contribution in [2.24, 2.45) is 0 Å². The molecule has 0 atom stereocenters. The lowest BCUT2D eigenvalue weighted by Crippen LogP contribution is -2.14. The molecule has 0 aliphatic rings. The molecule has 2 aromatic carbocycles. The summed E-state index contributed by atoms with van der Waals surface area (Å²) >= 11 is 1.26. The van der Waals surface area contributed by atoms with E-state index in [0.717, 1.165) is 5.56 Å². The van der Waals surface area contributed by atoms with Gasteiger partial charge in [0.1, 0.15) is 5.03 Å². The number of amides is 1. The number of methoxy groups -OCH3 is 3. The maximum Gasteiger partial charge on any atom is 0.234 e. The van der Waals surface area contributed by atoms with E-state index in [2.05, 4.69) is 15.5 Å². The van der Waals surface area contributed by atoms with E-state index < -0.39 is 0 Å². The van der Waals surface area contributed by atoms with Crippen LogP contribution in [0.2, 0.25) is 0 Å². The summed E-state index contributed by atoms with van der Waals surface area (Å²) in [5.41, 5.74) is 2.50. The highest BCUT2D eigenvalue weighted by Gasteiger charge is 2.15. The number of Topliss-reactive ketones (excluding diaryl/α,β-unsaturated/α-hetero) is 1. The van der Waals surface area contributed by atoms with Gasteiger partial charge in [0.2, 0.25) is 11.7 Å². The van der Waals surface area contributed by atoms with Crippen molar-refractivity contribution in [3.05, 3.63) is 54.1 Å². The van der Waals surface area contributed by atoms with Crippen molar-refractivity contribution >= 4 is 29.1 Å². The number of benzene rings is 2. The highest BCUT2D eigenvalue weighted by Crippen LogP contribution is 2.40. The fourth-order valence-electron chi connectivity index (χ4n) is 2.93. The molecule has 0 aliphatic carbocycles. The van der Waals surface area contributed by atoms with Crippen molar-refractivity contribution in [1.82, 2.24) is 10.2 Å². The van der Waals surface area contributed by atoms with Crippen molar-refractivity contribution in [2.45, 2.75) is 11.9 Å². The number of hydrogen-bond donors (Lipinski definition) is 1. The van der Waals surface area contributed by atoms with Crippen molar-refractivity contribution in [2.75, 3.05) is 32.4 Å². The zero-order chi connectivity index (χ0) is 23.1. The smallest absolute Gasteiger partial charge is 0.234 e. The van der Waals surface area contributed by atoms with Gasteiger partial charge in [0.05, 0.1) is 32.8 Å². The highest BCUT2D eigenvalue weighted by atomic mass is 32.2. The van der Waals surface area contributed by atoms with Crippen LogP contribution in [0.5, 0.6) is 17.2 Å². The van der Waals surface area contributed by atoms with E-state index in [4.69, 9.17) is 14.2 Å². The Hall–Kier alpha value is -3.59. The summed E-state index contributed by atoms with van der Waals surface area (Å²) in [6.07, 6.45) is 0. The summed E-state index contributed by atoms with van der Waals surface area (Å²) in [5, 5.41) is 11.8. The molecule has 0 saturated carbocycles. The van der Waals surface area contributed by atoms with Gasteiger partial charge in [-0.1, -0.05) is 23.9 Å². The number of ketones is 1. The van der Waals surface area contributed by atoms with Gasteiger partial charge in [-0.15, -0.1) is 10.2 Å². The molecule has 3 rings (SSSR count). The SMILES string of the molecule is COc1cc(-c2ccc(SCC(=O)Nc3cccc(C(C)=O)c3)nn2)cc(OC)c1OC. The third-order valence-electron chi connectivity index (χ3n) is 4.50. The molecule has 0 fully saturated rings. The molecule has 0 spiro atoms. The number of thioether (sulfide) groups is 1. The molecule has 166 valence electrons. The topological polar surface area (TPSA) is 99.6 Å². The van der Waals surface area contributed by atoms with Gasteiger partial charge in [-0.05, 0) is 43.3 Å². The largest absolute Gasteiger partial charge is 0.493 e. The predicted molar refractivity (Wildman–Crippen MR) is 123 cm³/mol. The first-order chi connectivity index (χ1) is 15.4. The lowest BCUT2D eigenvalue weighted by Gasteiger charge is -2.13. The predicted octanol–water partition coefficient (Wildman–Crippen LogP) is 4.10. The molecule has 0 bridgehead atoms. The van der Waals surface area contributed by atoms with Crippen molar-refractivity contribution in [3.8, 4) is 28.5 Å². The number of aromatic nitrogens is 2. The van der Waals surface area contributed by atoms with E-state index in [1.165, 1.54) is 18.7 Å². The summed E-state index contributed by atoms with van der Waals surface area (Å²) in [4.78, 5) is 23.7. The number of anilines is 1. The summed E-state index contributed by atoms with van der Waals surface area (Å²) in [5.74, 6) is 1.44. The zero-order valence-electron chi connectivity index (χ0n) is 18.2. The number of hydrogen-bond acceptors (Lipinski definition) is 8. The van der Waals surface area contributed by atoms with Crippen molar-refractivity contribution in [1.29, 1.82) is 0 Å². The van der Waals surface area contributed by atoms with Gasteiger partial charge < -0.3 is 19.5 Å². The lowest BCUT2D eigenvalue weighted by molar-refractivity contribution is -0.113. The normalized spacial score (nSPS) is 10.4. The highest BCUT2D eigenvalue weighted by molar-refractivity contribution is 7.99. The molecule has 1 amide bonds. The molecule has 0 aliphatic heterocycles. The van der Waals surface area contributed by atoms with E-state index in [9.17, 15) is 9.59 Å². The molecule has 0 radical (unpaired) electrons. The van der Waals surface area contributed by atoms with Crippen molar-refractivity contribution in [3.63, 3.8) is 0 Å². The third kappa shape index (κ3) is 5.55. The summed E-state index contributed by atoms with van der Waals surface area (Å²) in [6, 6.07) is 14.0. The first-order valence-corrected chi connectivity index (χ1v) is 10.6. The van der Waals surface area contributed by atoms with Gasteiger partial charge in [-0.3, -0.25) is 9.59 Å². The van der Waals surface area contributed by atoms with Crippen LogP contribution < -0.4 is 19.5 Å². The Morgan fingerprint density at radius 1 is 0.938 bits per heavy atom. The van der Waals surface area contributed by atoms with Crippen LogP contribution in [0.15, 0.2) is 53.6 Å². The van der Waals surface area contributed by atoms with E-state index in [1.807, 2.05) is 6.07 Å². The Balaban J connectivity index is 1.66. The Morgan fingerprint density at radius 3 is 2.22 bits per heavy atom. The molecule has 8 nitrogen and oxygen atoms in total. The van der Waals surface area contributed by atoms with Crippen LogP contribution >= 0.6 is 11.8 Å². The zero-order valence-corrected chi connectivity index (χ0v) is 19.0. The Kier molecular flexibility index (Phi) is 7.67. The molecule has 9 heteroatoms. The Labute approximate surface area is 190 Å². The maximum atomic E-state index is 12.3. The summed E-state index contributed by atoms with van der Waals surface area (Å²) in [6.45, 7) is 1.48. The van der Waals surface area contributed by atoms with Crippen LogP contribution in [0.4, 0.5) is 5.69 Å². The first-order valence-electron chi connectivity index (χ1n) is 9.63. The second-order valence-corrected chi connectivity index (χ2v) is 7.64. The molecule has 1 aromatic heterocycles. The van der Waals surface area contributed by atoms with E-state index in [1.54, 1.807) is 63.8 Å². The fraction of sp³-hybridized carbons (Fsp3) is 0.217. The number of carbonyl (C=O) groups excluding carboxylic acids is 2. The molecular weight excluding hydrogens is 430 g/mol. The van der Waals surface area contributed by atoms with Crippen LogP contribution in [-0.2, 0) is 4.79 Å². The maximum absolute atomic E-state index is 12.3. The summed E-state index contributed by atoms with van der Waals surface area (Å²) < 4.78 is 16.1. The van der Waals surface area contributed by atoms with E-state index in [0.29, 0.717) is 39.2 Å². The monoisotopic (exact) mass is 453 g/mol. The molecule has 1 heterocycles. The number of ether oxygens (including phenoxy) is 3. The van der Waals surface area contributed by atoms with Gasteiger partial charge in [0.25, 0.3) is 0 Å². The van der Waals surface area contributed by atoms with Crippen LogP contribution in [0.3, 0.4) is 0 Å². The second-order valence-electron chi connectivity index (χ2n) is 6.64. The summed E-state index contributed by atoms with van der Waals surface area (Å²) in [7, 11) is 4.64. The van der Waals surface area contributed by atoms with Crippen LogP contribution in [0.25, 0.3) is 11.3 Å². The van der Waals surface area contributed by atoms with Crippen LogP contribution in [0.1, 0.15) is 17.3 Å². The average molecular weight is 454 g/mol. The number of nitrogens with zero attached hydrogens (tertiary/aromatic N) is 2. The standard InChI is InChI=1S/C23H23N3O5S/c1-14(27)15-6-5-7-17(10-15)24-21(28)13-32-22-9-8-18(25-26-22)16-11-19(29-2)23(31-4)20(12-16)30-3/h5-12H,13H2,1-4H3,(H,24,28). The molecule has 0 saturated heterocycles. The molecule has 3 aromatic rings. The number of nitrogens with one attached hydrogen (secondary N) is 1. The second kappa shape index (κ2) is 10.6. The van der Waals surface area contributed by atoms with Gasteiger partial charge in [0.15, 0.2) is 17.3 Å². The minimum absolute atomic E-state index is 0.0575. The van der Waals surface area contributed by atoms with Gasteiger partial charge >= 0.3 is 0 Å². The minimum Gasteiger partial charge on any atom is -0.493 e. The van der Waals surface area contributed by atoms with Gasteiger partial charge in [-0.25, -0.2) is 0 Å². The first kappa shape index (κ1) is 23.1.